The molecule has 0 saturated carbocycles. The number of anilines is 1. The fourth-order valence-corrected chi connectivity index (χ4v) is 3.96. The lowest BCUT2D eigenvalue weighted by molar-refractivity contribution is -0.116. The molecule has 2 aromatic rings. The van der Waals surface area contributed by atoms with Gasteiger partial charge in [-0.3, -0.25) is 9.00 Å². The van der Waals surface area contributed by atoms with Crippen LogP contribution in [0.5, 0.6) is 5.75 Å². The van der Waals surface area contributed by atoms with Gasteiger partial charge in [-0.15, -0.1) is 0 Å². The molecule has 7 heteroatoms. The average Bonchev–Trinajstić information content (AvgIpc) is 3.10. The van der Waals surface area contributed by atoms with E-state index in [4.69, 9.17) is 4.74 Å². The number of carbonyl (C=O) groups excluding carboxylic acids is 1. The van der Waals surface area contributed by atoms with Crippen LogP contribution in [0.3, 0.4) is 0 Å². The van der Waals surface area contributed by atoms with Crippen LogP contribution < -0.4 is 10.1 Å². The summed E-state index contributed by atoms with van der Waals surface area (Å²) in [6.07, 6.45) is 2.28. The highest BCUT2D eigenvalue weighted by Crippen LogP contribution is 2.31. The molecule has 1 atom stereocenters. The van der Waals surface area contributed by atoms with Gasteiger partial charge in [0.05, 0.1) is 30.0 Å². The predicted molar refractivity (Wildman–Crippen MR) is 93.8 cm³/mol. The summed E-state index contributed by atoms with van der Waals surface area (Å²) in [6, 6.07) is 7.48. The van der Waals surface area contributed by atoms with Crippen molar-refractivity contribution in [3.8, 4) is 11.4 Å². The van der Waals surface area contributed by atoms with Crippen LogP contribution in [0.4, 0.5) is 5.82 Å². The van der Waals surface area contributed by atoms with Gasteiger partial charge in [-0.25, -0.2) is 4.68 Å². The Labute approximate surface area is 143 Å². The Morgan fingerprint density at radius 2 is 2.08 bits per heavy atom. The number of benzene rings is 1. The van der Waals surface area contributed by atoms with E-state index in [0.29, 0.717) is 23.7 Å². The summed E-state index contributed by atoms with van der Waals surface area (Å²) in [5.41, 5.74) is 2.52. The Kier molecular flexibility index (Phi) is 4.99. The molecule has 0 saturated heterocycles. The number of fused-ring (bicyclic) bond motifs is 1. The first-order chi connectivity index (χ1) is 11.6. The Balaban J connectivity index is 1.95. The quantitative estimate of drug-likeness (QED) is 0.872. The van der Waals surface area contributed by atoms with Crippen LogP contribution in [0.2, 0.25) is 0 Å². The molecule has 1 aliphatic rings. The second kappa shape index (κ2) is 7.17. The van der Waals surface area contributed by atoms with Crippen LogP contribution in [0.15, 0.2) is 24.3 Å². The van der Waals surface area contributed by atoms with Crippen molar-refractivity contribution in [3.63, 3.8) is 0 Å². The monoisotopic (exact) mass is 347 g/mol. The van der Waals surface area contributed by atoms with Gasteiger partial charge in [0.1, 0.15) is 11.6 Å². The zero-order valence-electron chi connectivity index (χ0n) is 13.9. The summed E-state index contributed by atoms with van der Waals surface area (Å²) in [7, 11) is 0.682. The zero-order valence-corrected chi connectivity index (χ0v) is 14.7. The van der Waals surface area contributed by atoms with E-state index in [0.717, 1.165) is 35.5 Å². The third-order valence-electron chi connectivity index (χ3n) is 4.00. The van der Waals surface area contributed by atoms with Gasteiger partial charge in [0.2, 0.25) is 5.91 Å². The molecular weight excluding hydrogens is 326 g/mol. The highest BCUT2D eigenvalue weighted by atomic mass is 32.2. The first kappa shape index (κ1) is 16.7. The van der Waals surface area contributed by atoms with Crippen LogP contribution in [0, 0.1) is 0 Å². The molecule has 1 N–H and O–H groups in total. The molecule has 0 fully saturated rings. The molecule has 0 bridgehead atoms. The number of nitrogens with zero attached hydrogens (tertiary/aromatic N) is 2. The summed E-state index contributed by atoms with van der Waals surface area (Å²) >= 11 is 0. The summed E-state index contributed by atoms with van der Waals surface area (Å²) in [4.78, 5) is 12.2. The van der Waals surface area contributed by atoms with E-state index in [2.05, 4.69) is 17.3 Å². The van der Waals surface area contributed by atoms with Gasteiger partial charge >= 0.3 is 0 Å². The molecule has 1 aromatic heterocycles. The van der Waals surface area contributed by atoms with Crippen molar-refractivity contribution in [2.75, 3.05) is 12.4 Å². The Morgan fingerprint density at radius 3 is 2.75 bits per heavy atom. The topological polar surface area (TPSA) is 73.2 Å². The highest BCUT2D eigenvalue weighted by molar-refractivity contribution is 7.83. The smallest absolute Gasteiger partial charge is 0.225 e. The summed E-state index contributed by atoms with van der Waals surface area (Å²) in [6.45, 7) is 2.05. The molecule has 3 rings (SSSR count). The van der Waals surface area contributed by atoms with E-state index in [9.17, 15) is 9.00 Å². The zero-order chi connectivity index (χ0) is 17.1. The lowest BCUT2D eigenvalue weighted by Gasteiger charge is -2.11. The number of unbranched alkanes of at least 4 members (excludes halogenated alkanes) is 1. The standard InChI is InChI=1S/C17H21N3O3S/c1-3-4-5-16(21)18-17-14-10-24(22)11-15(14)19-20(17)12-6-8-13(23-2)9-7-12/h6-9H,3-5,10-11H2,1-2H3,(H,18,21)/t24-/m1/s1. The van der Waals surface area contributed by atoms with Crippen LogP contribution in [-0.2, 0) is 27.1 Å². The van der Waals surface area contributed by atoms with Gasteiger partial charge in [-0.1, -0.05) is 13.3 Å². The van der Waals surface area contributed by atoms with Gasteiger partial charge in [0.15, 0.2) is 0 Å². The molecule has 2 heterocycles. The Morgan fingerprint density at radius 1 is 1.33 bits per heavy atom. The van der Waals surface area contributed by atoms with Crippen molar-refractivity contribution in [1.29, 1.82) is 0 Å². The van der Waals surface area contributed by atoms with E-state index in [-0.39, 0.29) is 5.91 Å². The number of carbonyl (C=O) groups is 1. The number of ether oxygens (including phenoxy) is 1. The number of rotatable bonds is 6. The third kappa shape index (κ3) is 3.36. The molecule has 6 nitrogen and oxygen atoms in total. The highest BCUT2D eigenvalue weighted by Gasteiger charge is 2.28. The normalized spacial score (nSPS) is 16.0. The fraction of sp³-hybridized carbons (Fsp3) is 0.412. The maximum absolute atomic E-state index is 12.2. The number of amides is 1. The second-order valence-electron chi connectivity index (χ2n) is 5.76. The van der Waals surface area contributed by atoms with Gasteiger partial charge in [0.25, 0.3) is 0 Å². The van der Waals surface area contributed by atoms with Crippen molar-refractivity contribution < 1.29 is 13.7 Å². The molecule has 0 radical (unpaired) electrons. The molecule has 0 unspecified atom stereocenters. The van der Waals surface area contributed by atoms with E-state index in [1.165, 1.54) is 0 Å². The third-order valence-corrected chi connectivity index (χ3v) is 5.21. The number of nitrogens with one attached hydrogen (secondary N) is 1. The van der Waals surface area contributed by atoms with Crippen molar-refractivity contribution in [2.24, 2.45) is 0 Å². The van der Waals surface area contributed by atoms with Crippen molar-refractivity contribution in [2.45, 2.75) is 37.7 Å². The SMILES string of the molecule is CCCCC(=O)Nc1c2c(nn1-c1ccc(OC)cc1)C[S@](=O)C2. The average molecular weight is 347 g/mol. The summed E-state index contributed by atoms with van der Waals surface area (Å²) in [5.74, 6) is 2.24. The number of aromatic nitrogens is 2. The van der Waals surface area contributed by atoms with Crippen LogP contribution in [-0.4, -0.2) is 27.0 Å². The summed E-state index contributed by atoms with van der Waals surface area (Å²) < 4.78 is 18.7. The lowest BCUT2D eigenvalue weighted by atomic mass is 10.2. The molecular formula is C17H21N3O3S. The number of methoxy groups -OCH3 is 1. The number of hydrogen-bond acceptors (Lipinski definition) is 4. The van der Waals surface area contributed by atoms with E-state index >= 15 is 0 Å². The molecule has 128 valence electrons. The molecule has 0 aliphatic carbocycles. The minimum Gasteiger partial charge on any atom is -0.497 e. The maximum Gasteiger partial charge on any atom is 0.225 e. The first-order valence-electron chi connectivity index (χ1n) is 8.02. The minimum atomic E-state index is -0.936. The van der Waals surface area contributed by atoms with E-state index in [1.54, 1.807) is 11.8 Å². The van der Waals surface area contributed by atoms with Crippen molar-refractivity contribution in [1.82, 2.24) is 9.78 Å². The van der Waals surface area contributed by atoms with Gasteiger partial charge in [-0.2, -0.15) is 5.10 Å². The minimum absolute atomic E-state index is 0.0352. The largest absolute Gasteiger partial charge is 0.497 e. The van der Waals surface area contributed by atoms with Gasteiger partial charge in [-0.05, 0) is 30.7 Å². The molecule has 1 amide bonds. The Hall–Kier alpha value is -2.15. The van der Waals surface area contributed by atoms with Crippen LogP contribution >= 0.6 is 0 Å². The van der Waals surface area contributed by atoms with Gasteiger partial charge < -0.3 is 10.1 Å². The molecule has 24 heavy (non-hydrogen) atoms. The lowest BCUT2D eigenvalue weighted by Crippen LogP contribution is -2.16. The predicted octanol–water partition coefficient (Wildman–Crippen LogP) is 2.77. The van der Waals surface area contributed by atoms with Gasteiger partial charge in [0, 0.05) is 22.8 Å². The molecule has 1 aromatic carbocycles. The second-order valence-corrected chi connectivity index (χ2v) is 7.22. The van der Waals surface area contributed by atoms with E-state index < -0.39 is 10.8 Å². The van der Waals surface area contributed by atoms with Crippen LogP contribution in [0.25, 0.3) is 5.69 Å². The molecule has 0 spiro atoms. The van der Waals surface area contributed by atoms with Crippen molar-refractivity contribution >= 4 is 22.5 Å². The first-order valence-corrected chi connectivity index (χ1v) is 9.51. The van der Waals surface area contributed by atoms with Crippen LogP contribution in [0.1, 0.15) is 37.4 Å². The van der Waals surface area contributed by atoms with Crippen molar-refractivity contribution in [3.05, 3.63) is 35.5 Å². The molecule has 1 aliphatic heterocycles. The fourth-order valence-electron chi connectivity index (χ4n) is 2.70. The Bertz CT molecular complexity index is 768. The van der Waals surface area contributed by atoms with E-state index in [1.807, 2.05) is 24.3 Å². The maximum atomic E-state index is 12.2. The number of hydrogen-bond donors (Lipinski definition) is 1. The summed E-state index contributed by atoms with van der Waals surface area (Å²) in [5, 5.41) is 7.54.